The van der Waals surface area contributed by atoms with E-state index in [9.17, 15) is 14.4 Å². The maximum atomic E-state index is 12.8. The molecule has 0 saturated heterocycles. The van der Waals surface area contributed by atoms with Gasteiger partial charge in [-0.1, -0.05) is 42.5 Å². The quantitative estimate of drug-likeness (QED) is 0.548. The van der Waals surface area contributed by atoms with Gasteiger partial charge in [-0.2, -0.15) is 0 Å². The number of rotatable bonds is 5. The third-order valence-electron chi connectivity index (χ3n) is 4.67. The molecule has 1 atom stereocenters. The first-order valence-electron chi connectivity index (χ1n) is 9.09. The van der Waals surface area contributed by atoms with E-state index in [4.69, 9.17) is 0 Å². The van der Waals surface area contributed by atoms with E-state index in [0.717, 1.165) is 15.7 Å². The molecule has 2 heterocycles. The van der Waals surface area contributed by atoms with Gasteiger partial charge in [0.2, 0.25) is 5.91 Å². The second kappa shape index (κ2) is 7.93. The predicted molar refractivity (Wildman–Crippen MR) is 109 cm³/mol. The van der Waals surface area contributed by atoms with Gasteiger partial charge in [-0.05, 0) is 35.4 Å². The van der Waals surface area contributed by atoms with E-state index in [0.29, 0.717) is 10.9 Å². The van der Waals surface area contributed by atoms with Gasteiger partial charge in [0, 0.05) is 12.4 Å². The van der Waals surface area contributed by atoms with Crippen LogP contribution in [-0.4, -0.2) is 20.4 Å². The van der Waals surface area contributed by atoms with E-state index >= 15 is 0 Å². The van der Waals surface area contributed by atoms with Crippen molar-refractivity contribution in [2.75, 3.05) is 0 Å². The number of pyridine rings is 1. The summed E-state index contributed by atoms with van der Waals surface area (Å²) in [6.07, 6.45) is 3.30. The molecule has 2 N–H and O–H groups in total. The number of benzene rings is 2. The van der Waals surface area contributed by atoms with Crippen molar-refractivity contribution in [3.8, 4) is 0 Å². The van der Waals surface area contributed by atoms with Crippen molar-refractivity contribution in [2.24, 2.45) is 0 Å². The maximum absolute atomic E-state index is 12.8. The largest absolute Gasteiger partial charge is 0.344 e. The molecule has 2 aromatic heterocycles. The number of para-hydroxylation sites is 1. The fourth-order valence-electron chi connectivity index (χ4n) is 3.25. The summed E-state index contributed by atoms with van der Waals surface area (Å²) in [6.45, 7) is -0.382. The Bertz CT molecular complexity index is 1220. The Kier molecular flexibility index (Phi) is 5.03. The number of aromatic amines is 1. The first-order valence-corrected chi connectivity index (χ1v) is 9.09. The fraction of sp³-hybridized carbons (Fsp3) is 0.0909. The van der Waals surface area contributed by atoms with E-state index in [1.807, 2.05) is 42.5 Å². The first-order chi connectivity index (χ1) is 14.1. The molecule has 1 unspecified atom stereocenters. The molecule has 0 aliphatic carbocycles. The van der Waals surface area contributed by atoms with Crippen LogP contribution in [0.15, 0.2) is 88.7 Å². The van der Waals surface area contributed by atoms with Crippen LogP contribution < -0.4 is 16.6 Å². The standard InChI is InChI=1S/C22H18N4O3/c27-19(14-26-21(28)17-8-4-5-9-18(17)24-22(26)29)25-20(15-6-2-1-3-7-15)16-10-12-23-13-11-16/h1-13,20H,14H2,(H,24,29)(H,25,27). The molecule has 0 aliphatic heterocycles. The van der Waals surface area contributed by atoms with E-state index in [1.54, 1.807) is 36.7 Å². The molecule has 0 aliphatic rings. The van der Waals surface area contributed by atoms with Crippen LogP contribution in [0.25, 0.3) is 10.9 Å². The summed E-state index contributed by atoms with van der Waals surface area (Å²) in [7, 11) is 0. The van der Waals surface area contributed by atoms with E-state index in [-0.39, 0.29) is 6.54 Å². The molecule has 4 rings (SSSR count). The Labute approximate surface area is 165 Å². The second-order valence-electron chi connectivity index (χ2n) is 6.56. The van der Waals surface area contributed by atoms with Gasteiger partial charge in [0.25, 0.3) is 5.56 Å². The predicted octanol–water partition coefficient (Wildman–Crippen LogP) is 1.99. The van der Waals surface area contributed by atoms with Crippen molar-refractivity contribution in [2.45, 2.75) is 12.6 Å². The summed E-state index contributed by atoms with van der Waals surface area (Å²) >= 11 is 0. The topological polar surface area (TPSA) is 96.9 Å². The van der Waals surface area contributed by atoms with Gasteiger partial charge in [0.05, 0.1) is 16.9 Å². The van der Waals surface area contributed by atoms with Crippen LogP contribution in [0.1, 0.15) is 17.2 Å². The minimum Gasteiger partial charge on any atom is -0.344 e. The second-order valence-corrected chi connectivity index (χ2v) is 6.56. The van der Waals surface area contributed by atoms with Crippen molar-refractivity contribution < 1.29 is 4.79 Å². The number of carbonyl (C=O) groups is 1. The Morgan fingerprint density at radius 1 is 0.931 bits per heavy atom. The number of fused-ring (bicyclic) bond motifs is 1. The van der Waals surface area contributed by atoms with Crippen molar-refractivity contribution in [3.63, 3.8) is 0 Å². The van der Waals surface area contributed by atoms with Gasteiger partial charge >= 0.3 is 5.69 Å². The number of H-pyrrole nitrogens is 1. The van der Waals surface area contributed by atoms with Crippen LogP contribution in [0.5, 0.6) is 0 Å². The number of amides is 1. The van der Waals surface area contributed by atoms with E-state index < -0.39 is 23.2 Å². The smallest absolute Gasteiger partial charge is 0.329 e. The normalized spacial score (nSPS) is 11.9. The SMILES string of the molecule is O=C(Cn1c(=O)[nH]c2ccccc2c1=O)NC(c1ccccc1)c1ccncc1. The molecule has 7 nitrogen and oxygen atoms in total. The number of hydrogen-bond donors (Lipinski definition) is 2. The third kappa shape index (κ3) is 3.84. The summed E-state index contributed by atoms with van der Waals surface area (Å²) in [5.41, 5.74) is 1.05. The van der Waals surface area contributed by atoms with Crippen molar-refractivity contribution >= 4 is 16.8 Å². The molecule has 4 aromatic rings. The van der Waals surface area contributed by atoms with Gasteiger partial charge in [0.15, 0.2) is 0 Å². The highest BCUT2D eigenvalue weighted by molar-refractivity contribution is 5.79. The Hall–Kier alpha value is -4.00. The third-order valence-corrected chi connectivity index (χ3v) is 4.67. The Balaban J connectivity index is 1.65. The van der Waals surface area contributed by atoms with Crippen LogP contribution in [0.2, 0.25) is 0 Å². The van der Waals surface area contributed by atoms with Gasteiger partial charge in [-0.15, -0.1) is 0 Å². The van der Waals surface area contributed by atoms with Gasteiger partial charge in [0.1, 0.15) is 6.54 Å². The number of aromatic nitrogens is 3. The highest BCUT2D eigenvalue weighted by Crippen LogP contribution is 2.21. The molecule has 0 radical (unpaired) electrons. The van der Waals surface area contributed by atoms with Gasteiger partial charge in [-0.3, -0.25) is 19.1 Å². The van der Waals surface area contributed by atoms with Crippen LogP contribution in [-0.2, 0) is 11.3 Å². The Morgan fingerprint density at radius 2 is 1.59 bits per heavy atom. The van der Waals surface area contributed by atoms with E-state index in [1.165, 1.54) is 0 Å². The van der Waals surface area contributed by atoms with Crippen molar-refractivity contribution in [1.29, 1.82) is 0 Å². The molecule has 29 heavy (non-hydrogen) atoms. The molecule has 7 heteroatoms. The number of hydrogen-bond acceptors (Lipinski definition) is 4. The molecular formula is C22H18N4O3. The van der Waals surface area contributed by atoms with Crippen LogP contribution in [0.4, 0.5) is 0 Å². The van der Waals surface area contributed by atoms with E-state index in [2.05, 4.69) is 15.3 Å². The van der Waals surface area contributed by atoms with Gasteiger partial charge < -0.3 is 10.3 Å². The molecule has 0 bridgehead atoms. The summed E-state index contributed by atoms with van der Waals surface area (Å²) in [5, 5.41) is 3.28. The number of nitrogens with one attached hydrogen (secondary N) is 2. The minimum absolute atomic E-state index is 0.355. The summed E-state index contributed by atoms with van der Waals surface area (Å²) < 4.78 is 0.909. The monoisotopic (exact) mass is 386 g/mol. The lowest BCUT2D eigenvalue weighted by Gasteiger charge is -2.20. The molecule has 0 saturated carbocycles. The summed E-state index contributed by atoms with van der Waals surface area (Å²) in [4.78, 5) is 44.4. The number of carbonyl (C=O) groups excluding carboxylic acids is 1. The molecule has 0 fully saturated rings. The van der Waals surface area contributed by atoms with Crippen molar-refractivity contribution in [3.05, 3.63) is 111 Å². The average molecular weight is 386 g/mol. The highest BCUT2D eigenvalue weighted by Gasteiger charge is 2.18. The number of nitrogens with zero attached hydrogens (tertiary/aromatic N) is 2. The summed E-state index contributed by atoms with van der Waals surface area (Å²) in [6, 6.07) is 19.4. The molecule has 0 spiro atoms. The molecule has 2 aromatic carbocycles. The zero-order chi connectivity index (χ0) is 20.2. The maximum Gasteiger partial charge on any atom is 0.329 e. The lowest BCUT2D eigenvalue weighted by Crippen LogP contribution is -2.41. The average Bonchev–Trinajstić information content (AvgIpc) is 2.76. The fourth-order valence-corrected chi connectivity index (χ4v) is 3.25. The Morgan fingerprint density at radius 3 is 2.34 bits per heavy atom. The minimum atomic E-state index is -0.621. The lowest BCUT2D eigenvalue weighted by atomic mass is 10.00. The zero-order valence-corrected chi connectivity index (χ0v) is 15.4. The van der Waals surface area contributed by atoms with Crippen LogP contribution in [0, 0.1) is 0 Å². The molecule has 1 amide bonds. The highest BCUT2D eigenvalue weighted by atomic mass is 16.2. The molecular weight excluding hydrogens is 368 g/mol. The first kappa shape index (κ1) is 18.4. The van der Waals surface area contributed by atoms with Crippen LogP contribution in [0.3, 0.4) is 0 Å². The molecule has 144 valence electrons. The lowest BCUT2D eigenvalue weighted by molar-refractivity contribution is -0.122. The van der Waals surface area contributed by atoms with Crippen LogP contribution >= 0.6 is 0 Å². The zero-order valence-electron chi connectivity index (χ0n) is 15.4. The van der Waals surface area contributed by atoms with Crippen molar-refractivity contribution in [1.82, 2.24) is 19.9 Å². The summed E-state index contributed by atoms with van der Waals surface area (Å²) in [5.74, 6) is -0.446. The van der Waals surface area contributed by atoms with Gasteiger partial charge in [-0.25, -0.2) is 4.79 Å².